The molecule has 2 aromatic carbocycles. The highest BCUT2D eigenvalue weighted by Crippen LogP contribution is 2.30. The number of nitrogens with one attached hydrogen (secondary N) is 1. The molecule has 1 saturated carbocycles. The van der Waals surface area contributed by atoms with Crippen LogP contribution >= 0.6 is 11.8 Å². The van der Waals surface area contributed by atoms with Gasteiger partial charge < -0.3 is 5.32 Å². The molecule has 0 unspecified atom stereocenters. The van der Waals surface area contributed by atoms with E-state index in [2.05, 4.69) is 70.3 Å². The molecule has 1 aliphatic carbocycles. The molecule has 0 saturated heterocycles. The maximum Gasteiger partial charge on any atom is 0.231 e. The summed E-state index contributed by atoms with van der Waals surface area (Å²) in [5.41, 5.74) is 3.77. The largest absolute Gasteiger partial charge is 0.337 e. The van der Waals surface area contributed by atoms with Crippen LogP contribution in [0.1, 0.15) is 48.2 Å². The molecule has 0 bridgehead atoms. The molecule has 32 heavy (non-hydrogen) atoms. The first-order chi connectivity index (χ1) is 15.5. The summed E-state index contributed by atoms with van der Waals surface area (Å²) < 4.78 is 2.05. The molecule has 7 heteroatoms. The molecule has 164 valence electrons. The molecule has 0 aliphatic heterocycles. The second kappa shape index (κ2) is 9.58. The minimum absolute atomic E-state index is 0.141. The highest BCUT2D eigenvalue weighted by atomic mass is 32.2. The van der Waals surface area contributed by atoms with E-state index in [1.807, 2.05) is 18.2 Å². The van der Waals surface area contributed by atoms with Gasteiger partial charge in [0.05, 0.1) is 17.5 Å². The monoisotopic (exact) mass is 445 g/mol. The summed E-state index contributed by atoms with van der Waals surface area (Å²) in [5.74, 6) is 0.881. The topological polar surface area (TPSA) is 83.6 Å². The van der Waals surface area contributed by atoms with Gasteiger partial charge in [-0.2, -0.15) is 5.26 Å². The first-order valence-corrected chi connectivity index (χ1v) is 11.9. The summed E-state index contributed by atoms with van der Waals surface area (Å²) in [5, 5.41) is 22.1. The smallest absolute Gasteiger partial charge is 0.231 e. The SMILES string of the molecule is Cc1ccc(-n2c(Cc3ccccc3)nnc2SCC(=O)NC2(C#N)CCCC2)c(C)c1. The van der Waals surface area contributed by atoms with Crippen molar-refractivity contribution in [1.82, 2.24) is 20.1 Å². The summed E-state index contributed by atoms with van der Waals surface area (Å²) in [6.07, 6.45) is 4.04. The van der Waals surface area contributed by atoms with Gasteiger partial charge in [0.15, 0.2) is 5.16 Å². The number of aromatic nitrogens is 3. The highest BCUT2D eigenvalue weighted by molar-refractivity contribution is 7.99. The van der Waals surface area contributed by atoms with Crippen LogP contribution in [-0.2, 0) is 11.2 Å². The summed E-state index contributed by atoms with van der Waals surface area (Å²) in [6, 6.07) is 18.8. The normalized spacial score (nSPS) is 14.8. The van der Waals surface area contributed by atoms with Crippen molar-refractivity contribution in [3.05, 3.63) is 71.0 Å². The van der Waals surface area contributed by atoms with Crippen LogP contribution in [0.4, 0.5) is 0 Å². The Morgan fingerprint density at radius 3 is 2.59 bits per heavy atom. The average Bonchev–Trinajstić information content (AvgIpc) is 3.41. The Bertz CT molecular complexity index is 1140. The Hall–Kier alpha value is -3.11. The van der Waals surface area contributed by atoms with Crippen LogP contribution in [0.25, 0.3) is 5.69 Å². The van der Waals surface area contributed by atoms with Crippen molar-refractivity contribution < 1.29 is 4.79 Å². The quantitative estimate of drug-likeness (QED) is 0.541. The van der Waals surface area contributed by atoms with E-state index < -0.39 is 5.54 Å². The third-order valence-electron chi connectivity index (χ3n) is 5.88. The highest BCUT2D eigenvalue weighted by Gasteiger charge is 2.35. The molecule has 0 spiro atoms. The number of amides is 1. The predicted molar refractivity (Wildman–Crippen MR) is 126 cm³/mol. The van der Waals surface area contributed by atoms with Crippen LogP contribution in [0.15, 0.2) is 53.7 Å². The molecule has 1 N–H and O–H groups in total. The number of benzene rings is 2. The molecule has 1 fully saturated rings. The zero-order valence-electron chi connectivity index (χ0n) is 18.5. The Labute approximate surface area is 193 Å². The Morgan fingerprint density at radius 2 is 1.91 bits per heavy atom. The molecular formula is C25H27N5OS. The van der Waals surface area contributed by atoms with Crippen LogP contribution in [-0.4, -0.2) is 32.0 Å². The predicted octanol–water partition coefficient (Wildman–Crippen LogP) is 4.52. The lowest BCUT2D eigenvalue weighted by Crippen LogP contribution is -2.45. The second-order valence-electron chi connectivity index (χ2n) is 8.42. The van der Waals surface area contributed by atoms with Gasteiger partial charge in [0.25, 0.3) is 0 Å². The van der Waals surface area contributed by atoms with Crippen LogP contribution in [0.3, 0.4) is 0 Å². The third kappa shape index (κ3) is 4.86. The van der Waals surface area contributed by atoms with Crippen LogP contribution in [0.2, 0.25) is 0 Å². The fourth-order valence-electron chi connectivity index (χ4n) is 4.26. The fourth-order valence-corrected chi connectivity index (χ4v) is 5.03. The van der Waals surface area contributed by atoms with E-state index in [0.717, 1.165) is 48.3 Å². The minimum atomic E-state index is -0.711. The maximum absolute atomic E-state index is 12.7. The zero-order chi connectivity index (χ0) is 22.6. The Kier molecular flexibility index (Phi) is 6.61. The maximum atomic E-state index is 12.7. The molecule has 1 amide bonds. The molecule has 1 heterocycles. The van der Waals surface area contributed by atoms with E-state index in [0.29, 0.717) is 11.6 Å². The average molecular weight is 446 g/mol. The van der Waals surface area contributed by atoms with Gasteiger partial charge in [-0.05, 0) is 56.7 Å². The number of aryl methyl sites for hydroxylation is 2. The standard InChI is InChI=1S/C25H27N5OS/c1-18-10-11-21(19(2)14-18)30-22(15-20-8-4-3-5-9-20)28-29-24(30)32-16-23(31)27-25(17-26)12-6-7-13-25/h3-5,8-11,14H,6-7,12-13,15-16H2,1-2H3,(H,27,31). The summed E-state index contributed by atoms with van der Waals surface area (Å²) >= 11 is 1.35. The third-order valence-corrected chi connectivity index (χ3v) is 6.81. The van der Waals surface area contributed by atoms with Crippen LogP contribution in [0, 0.1) is 25.2 Å². The number of hydrogen-bond acceptors (Lipinski definition) is 5. The van der Waals surface area contributed by atoms with E-state index in [9.17, 15) is 10.1 Å². The first-order valence-electron chi connectivity index (χ1n) is 10.9. The van der Waals surface area contributed by atoms with Gasteiger partial charge in [0, 0.05) is 6.42 Å². The number of carbonyl (C=O) groups excluding carboxylic acids is 1. The number of nitriles is 1. The van der Waals surface area contributed by atoms with Crippen molar-refractivity contribution in [2.45, 2.75) is 56.6 Å². The van der Waals surface area contributed by atoms with Gasteiger partial charge in [0.1, 0.15) is 11.4 Å². The van der Waals surface area contributed by atoms with E-state index >= 15 is 0 Å². The molecule has 0 radical (unpaired) electrons. The summed E-state index contributed by atoms with van der Waals surface area (Å²) in [4.78, 5) is 12.7. The fraction of sp³-hybridized carbons (Fsp3) is 0.360. The second-order valence-corrected chi connectivity index (χ2v) is 9.37. The number of carbonyl (C=O) groups is 1. The summed E-state index contributed by atoms with van der Waals surface area (Å²) in [7, 11) is 0. The molecule has 3 aromatic rings. The van der Waals surface area contributed by atoms with Gasteiger partial charge in [-0.3, -0.25) is 9.36 Å². The van der Waals surface area contributed by atoms with Gasteiger partial charge in [-0.15, -0.1) is 10.2 Å². The van der Waals surface area contributed by atoms with Crippen molar-refractivity contribution in [3.63, 3.8) is 0 Å². The zero-order valence-corrected chi connectivity index (χ0v) is 19.3. The van der Waals surface area contributed by atoms with Crippen molar-refractivity contribution in [2.75, 3.05) is 5.75 Å². The lowest BCUT2D eigenvalue weighted by atomic mass is 10.0. The minimum Gasteiger partial charge on any atom is -0.337 e. The van der Waals surface area contributed by atoms with E-state index in [4.69, 9.17) is 0 Å². The molecule has 6 nitrogen and oxygen atoms in total. The first kappa shape index (κ1) is 22.1. The number of rotatable bonds is 7. The van der Waals surface area contributed by atoms with E-state index in [1.54, 1.807) is 0 Å². The molecule has 4 rings (SSSR count). The van der Waals surface area contributed by atoms with Gasteiger partial charge in [-0.25, -0.2) is 0 Å². The molecular weight excluding hydrogens is 418 g/mol. The lowest BCUT2D eigenvalue weighted by molar-refractivity contribution is -0.119. The van der Waals surface area contributed by atoms with E-state index in [1.165, 1.54) is 17.3 Å². The number of thioether (sulfide) groups is 1. The van der Waals surface area contributed by atoms with Crippen molar-refractivity contribution in [3.8, 4) is 11.8 Å². The van der Waals surface area contributed by atoms with Gasteiger partial charge in [0.2, 0.25) is 5.91 Å². The van der Waals surface area contributed by atoms with Crippen molar-refractivity contribution in [2.24, 2.45) is 0 Å². The van der Waals surface area contributed by atoms with Crippen molar-refractivity contribution in [1.29, 1.82) is 5.26 Å². The van der Waals surface area contributed by atoms with Crippen LogP contribution in [0.5, 0.6) is 0 Å². The van der Waals surface area contributed by atoms with Gasteiger partial charge in [-0.1, -0.05) is 59.8 Å². The van der Waals surface area contributed by atoms with Crippen molar-refractivity contribution >= 4 is 17.7 Å². The summed E-state index contributed by atoms with van der Waals surface area (Å²) in [6.45, 7) is 4.15. The lowest BCUT2D eigenvalue weighted by Gasteiger charge is -2.21. The number of hydrogen-bond donors (Lipinski definition) is 1. The molecule has 1 aliphatic rings. The van der Waals surface area contributed by atoms with Gasteiger partial charge >= 0.3 is 0 Å². The Morgan fingerprint density at radius 1 is 1.16 bits per heavy atom. The molecule has 1 aromatic heterocycles. The Balaban J connectivity index is 1.59. The number of nitrogens with zero attached hydrogens (tertiary/aromatic N) is 4. The van der Waals surface area contributed by atoms with Crippen LogP contribution < -0.4 is 5.32 Å². The van der Waals surface area contributed by atoms with E-state index in [-0.39, 0.29) is 11.7 Å². The molecule has 0 atom stereocenters.